The summed E-state index contributed by atoms with van der Waals surface area (Å²) in [6.45, 7) is 1.70. The summed E-state index contributed by atoms with van der Waals surface area (Å²) in [4.78, 5) is 0. The molecule has 1 N–H and O–H groups in total. The van der Waals surface area contributed by atoms with Gasteiger partial charge in [0, 0.05) is 13.2 Å². The maximum atomic E-state index is 10.2. The Hall–Kier alpha value is 0.270. The fraction of sp³-hybridized carbons (Fsp3) is 1.00. The van der Waals surface area contributed by atoms with Crippen molar-refractivity contribution in [1.29, 1.82) is 0 Å². The molecule has 2 fully saturated rings. The van der Waals surface area contributed by atoms with Crippen LogP contribution >= 0.6 is 11.8 Å². The fourth-order valence-electron chi connectivity index (χ4n) is 2.48. The third-order valence-electron chi connectivity index (χ3n) is 3.43. The molecular weight excluding hydrogens is 196 g/mol. The van der Waals surface area contributed by atoms with Crippen LogP contribution in [0.5, 0.6) is 0 Å². The molecule has 2 saturated heterocycles. The van der Waals surface area contributed by atoms with Crippen molar-refractivity contribution in [1.82, 2.24) is 0 Å². The molecule has 3 heteroatoms. The third-order valence-corrected chi connectivity index (χ3v) is 4.67. The van der Waals surface area contributed by atoms with E-state index in [1.807, 2.05) is 11.8 Å². The Morgan fingerprint density at radius 2 is 1.93 bits per heavy atom. The molecule has 14 heavy (non-hydrogen) atoms. The first-order valence-corrected chi connectivity index (χ1v) is 6.87. The van der Waals surface area contributed by atoms with Crippen LogP contribution in [0.4, 0.5) is 0 Å². The van der Waals surface area contributed by atoms with Crippen LogP contribution in [0.3, 0.4) is 0 Å². The van der Waals surface area contributed by atoms with E-state index in [1.54, 1.807) is 0 Å². The Labute approximate surface area is 90.4 Å². The largest absolute Gasteiger partial charge is 0.393 e. The Morgan fingerprint density at radius 3 is 2.57 bits per heavy atom. The van der Waals surface area contributed by atoms with Crippen molar-refractivity contribution in [2.45, 2.75) is 31.8 Å². The molecule has 0 bridgehead atoms. The van der Waals surface area contributed by atoms with Gasteiger partial charge in [0.15, 0.2) is 0 Å². The van der Waals surface area contributed by atoms with Gasteiger partial charge < -0.3 is 9.84 Å². The summed E-state index contributed by atoms with van der Waals surface area (Å²) in [7, 11) is 0. The Kier molecular flexibility index (Phi) is 4.14. The highest BCUT2D eigenvalue weighted by atomic mass is 32.2. The van der Waals surface area contributed by atoms with Crippen molar-refractivity contribution in [3.05, 3.63) is 0 Å². The predicted molar refractivity (Wildman–Crippen MR) is 59.6 cm³/mol. The van der Waals surface area contributed by atoms with Crippen molar-refractivity contribution in [3.8, 4) is 0 Å². The highest BCUT2D eigenvalue weighted by molar-refractivity contribution is 7.99. The predicted octanol–water partition coefficient (Wildman–Crippen LogP) is 1.92. The van der Waals surface area contributed by atoms with Gasteiger partial charge in [0.05, 0.1) is 6.10 Å². The van der Waals surface area contributed by atoms with Gasteiger partial charge in [-0.05, 0) is 49.0 Å². The molecule has 0 spiro atoms. The van der Waals surface area contributed by atoms with Crippen LogP contribution in [0.25, 0.3) is 0 Å². The molecule has 2 aliphatic heterocycles. The number of hydrogen-bond acceptors (Lipinski definition) is 3. The van der Waals surface area contributed by atoms with Crippen LogP contribution in [0.1, 0.15) is 25.7 Å². The van der Waals surface area contributed by atoms with Crippen molar-refractivity contribution < 1.29 is 9.84 Å². The molecule has 0 aromatic rings. The molecule has 0 radical (unpaired) electrons. The first kappa shape index (κ1) is 10.8. The normalized spacial score (nSPS) is 32.8. The standard InChI is InChI=1S/C11H20O2S/c12-11(9-3-5-13-6-4-9)10-2-1-7-14-8-10/h9-12H,1-8H2. The van der Waals surface area contributed by atoms with Crippen molar-refractivity contribution in [3.63, 3.8) is 0 Å². The lowest BCUT2D eigenvalue weighted by Gasteiger charge is -2.33. The maximum absolute atomic E-state index is 10.2. The summed E-state index contributed by atoms with van der Waals surface area (Å²) in [5, 5.41) is 10.2. The first-order valence-electron chi connectivity index (χ1n) is 5.71. The molecule has 2 aliphatic rings. The van der Waals surface area contributed by atoms with Gasteiger partial charge in [-0.3, -0.25) is 0 Å². The first-order chi connectivity index (χ1) is 6.88. The number of ether oxygens (including phenoxy) is 1. The molecule has 0 saturated carbocycles. The summed E-state index contributed by atoms with van der Waals surface area (Å²) in [6, 6.07) is 0. The molecule has 2 unspecified atom stereocenters. The van der Waals surface area contributed by atoms with Gasteiger partial charge in [-0.1, -0.05) is 0 Å². The summed E-state index contributed by atoms with van der Waals surface area (Å²) < 4.78 is 5.32. The number of rotatable bonds is 2. The van der Waals surface area contributed by atoms with Crippen LogP contribution in [0.15, 0.2) is 0 Å². The van der Waals surface area contributed by atoms with E-state index in [1.165, 1.54) is 24.3 Å². The number of thioether (sulfide) groups is 1. The second-order valence-electron chi connectivity index (χ2n) is 4.42. The van der Waals surface area contributed by atoms with E-state index in [4.69, 9.17) is 4.74 Å². The van der Waals surface area contributed by atoms with Gasteiger partial charge in [-0.25, -0.2) is 0 Å². The summed E-state index contributed by atoms with van der Waals surface area (Å²) in [6.07, 6.45) is 4.57. The topological polar surface area (TPSA) is 29.5 Å². The van der Waals surface area contributed by atoms with Crippen LogP contribution < -0.4 is 0 Å². The third kappa shape index (κ3) is 2.65. The molecule has 82 valence electrons. The Morgan fingerprint density at radius 1 is 1.14 bits per heavy atom. The molecule has 0 amide bonds. The van der Waals surface area contributed by atoms with Gasteiger partial charge >= 0.3 is 0 Å². The minimum Gasteiger partial charge on any atom is -0.393 e. The van der Waals surface area contributed by atoms with Crippen LogP contribution in [-0.4, -0.2) is 35.9 Å². The highest BCUT2D eigenvalue weighted by Crippen LogP contribution is 2.31. The minimum atomic E-state index is -0.0632. The molecule has 2 nitrogen and oxygen atoms in total. The van der Waals surface area contributed by atoms with E-state index >= 15 is 0 Å². The van der Waals surface area contributed by atoms with E-state index in [0.717, 1.165) is 26.1 Å². The second kappa shape index (κ2) is 5.38. The minimum absolute atomic E-state index is 0.0632. The van der Waals surface area contributed by atoms with Gasteiger partial charge in [-0.15, -0.1) is 0 Å². The van der Waals surface area contributed by atoms with Crippen LogP contribution in [-0.2, 0) is 4.74 Å². The SMILES string of the molecule is OC(C1CCOCC1)C1CCCSC1. The maximum Gasteiger partial charge on any atom is 0.0606 e. The molecule has 0 aromatic carbocycles. The number of aliphatic hydroxyl groups is 1. The van der Waals surface area contributed by atoms with Gasteiger partial charge in [0.1, 0.15) is 0 Å². The smallest absolute Gasteiger partial charge is 0.0606 e. The molecule has 2 atom stereocenters. The van der Waals surface area contributed by atoms with Crippen molar-refractivity contribution >= 4 is 11.8 Å². The lowest BCUT2D eigenvalue weighted by atomic mass is 9.84. The number of aliphatic hydroxyl groups excluding tert-OH is 1. The van der Waals surface area contributed by atoms with Crippen LogP contribution in [0.2, 0.25) is 0 Å². The van der Waals surface area contributed by atoms with Gasteiger partial charge in [0.2, 0.25) is 0 Å². The van der Waals surface area contributed by atoms with E-state index in [9.17, 15) is 5.11 Å². The average Bonchev–Trinajstić information content (AvgIpc) is 2.30. The zero-order valence-corrected chi connectivity index (χ0v) is 9.47. The Bertz CT molecular complexity index is 145. The Balaban J connectivity index is 1.82. The molecular formula is C11H20O2S. The van der Waals surface area contributed by atoms with Gasteiger partial charge in [-0.2, -0.15) is 11.8 Å². The monoisotopic (exact) mass is 216 g/mol. The zero-order chi connectivity index (χ0) is 9.80. The summed E-state index contributed by atoms with van der Waals surface area (Å²) in [5.74, 6) is 3.51. The van der Waals surface area contributed by atoms with Gasteiger partial charge in [0.25, 0.3) is 0 Å². The molecule has 2 heterocycles. The van der Waals surface area contributed by atoms with E-state index in [0.29, 0.717) is 11.8 Å². The zero-order valence-electron chi connectivity index (χ0n) is 8.65. The lowest BCUT2D eigenvalue weighted by Crippen LogP contribution is -2.35. The highest BCUT2D eigenvalue weighted by Gasteiger charge is 2.30. The lowest BCUT2D eigenvalue weighted by molar-refractivity contribution is -0.0149. The van der Waals surface area contributed by atoms with E-state index in [2.05, 4.69) is 0 Å². The fourth-order valence-corrected chi connectivity index (χ4v) is 3.68. The summed E-state index contributed by atoms with van der Waals surface area (Å²) in [5.41, 5.74) is 0. The van der Waals surface area contributed by atoms with E-state index in [-0.39, 0.29) is 6.10 Å². The second-order valence-corrected chi connectivity index (χ2v) is 5.57. The van der Waals surface area contributed by atoms with Crippen LogP contribution in [0, 0.1) is 11.8 Å². The van der Waals surface area contributed by atoms with Crippen molar-refractivity contribution in [2.24, 2.45) is 11.8 Å². The average molecular weight is 216 g/mol. The van der Waals surface area contributed by atoms with Crippen molar-refractivity contribution in [2.75, 3.05) is 24.7 Å². The molecule has 2 rings (SSSR count). The van der Waals surface area contributed by atoms with E-state index < -0.39 is 0 Å². The molecule has 0 aliphatic carbocycles. The summed E-state index contributed by atoms with van der Waals surface area (Å²) >= 11 is 2.00. The molecule has 0 aromatic heterocycles. The number of hydrogen-bond donors (Lipinski definition) is 1. The quantitative estimate of drug-likeness (QED) is 0.764.